The molecule has 4 rings (SSSR count). The van der Waals surface area contributed by atoms with Crippen LogP contribution in [0.25, 0.3) is 16.6 Å². The van der Waals surface area contributed by atoms with Crippen molar-refractivity contribution in [1.82, 2.24) is 9.55 Å². The van der Waals surface area contributed by atoms with Crippen molar-refractivity contribution < 1.29 is 9.53 Å². The number of anilines is 1. The summed E-state index contributed by atoms with van der Waals surface area (Å²) < 4.78 is 7.02. The number of hydrogen-bond acceptors (Lipinski definition) is 6. The molecule has 0 saturated heterocycles. The van der Waals surface area contributed by atoms with E-state index in [9.17, 15) is 14.9 Å². The molecule has 0 saturated carbocycles. The summed E-state index contributed by atoms with van der Waals surface area (Å²) >= 11 is 1.16. The predicted molar refractivity (Wildman–Crippen MR) is 134 cm³/mol. The fourth-order valence-electron chi connectivity index (χ4n) is 3.50. The number of rotatable bonds is 8. The molecule has 3 aromatic carbocycles. The quantitative estimate of drug-likeness (QED) is 0.215. The normalized spacial score (nSPS) is 10.6. The fraction of sp³-hybridized carbons (Fsp3) is 0.154. The maximum atomic E-state index is 13.4. The van der Waals surface area contributed by atoms with Crippen LogP contribution in [0.4, 0.5) is 5.69 Å². The number of carbonyl (C=O) groups is 1. The second-order valence-corrected chi connectivity index (χ2v) is 8.18. The smallest absolute Gasteiger partial charge is 0.266 e. The first-order valence-electron chi connectivity index (χ1n) is 10.7. The zero-order valence-corrected chi connectivity index (χ0v) is 19.4. The van der Waals surface area contributed by atoms with Crippen molar-refractivity contribution >= 4 is 34.3 Å². The first kappa shape index (κ1) is 23.1. The Labute approximate surface area is 201 Å². The van der Waals surface area contributed by atoms with E-state index in [1.807, 2.05) is 37.3 Å². The molecule has 1 aromatic heterocycles. The van der Waals surface area contributed by atoms with Crippen molar-refractivity contribution in [2.24, 2.45) is 0 Å². The Balaban J connectivity index is 1.70. The lowest BCUT2D eigenvalue weighted by Gasteiger charge is -2.20. The highest BCUT2D eigenvalue weighted by atomic mass is 32.2. The molecule has 0 aliphatic heterocycles. The Bertz CT molecular complexity index is 1400. The minimum Gasteiger partial charge on any atom is -0.494 e. The highest BCUT2D eigenvalue weighted by Crippen LogP contribution is 2.24. The van der Waals surface area contributed by atoms with E-state index >= 15 is 0 Å². The van der Waals surface area contributed by atoms with E-state index < -0.39 is 0 Å². The number of amides is 1. The van der Waals surface area contributed by atoms with Gasteiger partial charge in [0.05, 0.1) is 35.0 Å². The van der Waals surface area contributed by atoms with Crippen LogP contribution in [0.2, 0.25) is 0 Å². The summed E-state index contributed by atoms with van der Waals surface area (Å²) in [6, 6.07) is 25.4. The second-order valence-electron chi connectivity index (χ2n) is 7.24. The molecule has 0 aliphatic carbocycles. The highest BCUT2D eigenvalue weighted by molar-refractivity contribution is 7.99. The standard InChI is InChI=1S/C26H22N4O3S/c1-2-33-21-14-12-20(13-15-21)30-25(32)22-10-6-7-11-23(22)28-26(30)34-18-24(31)29(17-16-27)19-8-4-3-5-9-19/h3-15H,2,17-18H2,1H3. The molecule has 7 nitrogen and oxygen atoms in total. The van der Waals surface area contributed by atoms with Gasteiger partial charge in [0.15, 0.2) is 5.16 Å². The molecular weight excluding hydrogens is 448 g/mol. The average molecular weight is 471 g/mol. The molecule has 1 heterocycles. The lowest BCUT2D eigenvalue weighted by molar-refractivity contribution is -0.116. The van der Waals surface area contributed by atoms with Gasteiger partial charge in [0.1, 0.15) is 12.3 Å². The number of carbonyl (C=O) groups excluding carboxylic acids is 1. The van der Waals surface area contributed by atoms with E-state index in [0.717, 1.165) is 11.8 Å². The molecular formula is C26H22N4O3S. The van der Waals surface area contributed by atoms with Gasteiger partial charge in [-0.15, -0.1) is 0 Å². The van der Waals surface area contributed by atoms with E-state index in [1.54, 1.807) is 54.6 Å². The molecule has 34 heavy (non-hydrogen) atoms. The van der Waals surface area contributed by atoms with E-state index in [1.165, 1.54) is 9.47 Å². The number of ether oxygens (including phenoxy) is 1. The zero-order chi connectivity index (χ0) is 23.9. The summed E-state index contributed by atoms with van der Waals surface area (Å²) in [4.78, 5) is 32.5. The summed E-state index contributed by atoms with van der Waals surface area (Å²) in [6.45, 7) is 2.38. The molecule has 0 bridgehead atoms. The molecule has 4 aromatic rings. The third kappa shape index (κ3) is 4.95. The van der Waals surface area contributed by atoms with Crippen LogP contribution in [0.5, 0.6) is 5.75 Å². The number of fused-ring (bicyclic) bond motifs is 1. The third-order valence-corrected chi connectivity index (χ3v) is 6.00. The summed E-state index contributed by atoms with van der Waals surface area (Å²) in [7, 11) is 0. The minimum absolute atomic E-state index is 0.0123. The van der Waals surface area contributed by atoms with E-state index in [2.05, 4.69) is 4.98 Å². The van der Waals surface area contributed by atoms with Gasteiger partial charge in [0.25, 0.3) is 5.56 Å². The van der Waals surface area contributed by atoms with Gasteiger partial charge in [-0.25, -0.2) is 4.98 Å². The molecule has 0 unspecified atom stereocenters. The van der Waals surface area contributed by atoms with Gasteiger partial charge < -0.3 is 4.74 Å². The SMILES string of the molecule is CCOc1ccc(-n2c(SCC(=O)N(CC#N)c3ccccc3)nc3ccccc3c2=O)cc1. The van der Waals surface area contributed by atoms with Crippen molar-refractivity contribution in [1.29, 1.82) is 5.26 Å². The van der Waals surface area contributed by atoms with E-state index in [-0.39, 0.29) is 23.8 Å². The monoisotopic (exact) mass is 470 g/mol. The van der Waals surface area contributed by atoms with Crippen LogP contribution in [0.3, 0.4) is 0 Å². The maximum Gasteiger partial charge on any atom is 0.266 e. The molecule has 0 atom stereocenters. The number of nitriles is 1. The molecule has 170 valence electrons. The number of nitrogens with zero attached hydrogens (tertiary/aromatic N) is 4. The number of hydrogen-bond donors (Lipinski definition) is 0. The fourth-order valence-corrected chi connectivity index (χ4v) is 4.39. The summed E-state index contributed by atoms with van der Waals surface area (Å²) in [6.07, 6.45) is 0. The molecule has 0 radical (unpaired) electrons. The van der Waals surface area contributed by atoms with Crippen molar-refractivity contribution in [2.45, 2.75) is 12.1 Å². The van der Waals surface area contributed by atoms with Crippen LogP contribution in [0.15, 0.2) is 88.8 Å². The Morgan fingerprint density at radius 2 is 1.76 bits per heavy atom. The molecule has 0 fully saturated rings. The van der Waals surface area contributed by atoms with Crippen molar-refractivity contribution in [3.8, 4) is 17.5 Å². The molecule has 0 aliphatic rings. The van der Waals surface area contributed by atoms with Gasteiger partial charge in [0.2, 0.25) is 5.91 Å². The summed E-state index contributed by atoms with van der Waals surface area (Å²) in [5, 5.41) is 10.1. The Morgan fingerprint density at radius 3 is 2.47 bits per heavy atom. The average Bonchev–Trinajstić information content (AvgIpc) is 2.87. The molecule has 8 heteroatoms. The van der Waals surface area contributed by atoms with Crippen molar-refractivity contribution in [3.63, 3.8) is 0 Å². The van der Waals surface area contributed by atoms with E-state index in [4.69, 9.17) is 4.74 Å². The molecule has 0 spiro atoms. The zero-order valence-electron chi connectivity index (χ0n) is 18.5. The van der Waals surface area contributed by atoms with Crippen molar-refractivity contribution in [2.75, 3.05) is 23.8 Å². The van der Waals surface area contributed by atoms with Crippen LogP contribution in [0.1, 0.15) is 6.92 Å². The second kappa shape index (κ2) is 10.7. The first-order chi connectivity index (χ1) is 16.6. The van der Waals surface area contributed by atoms with Gasteiger partial charge in [-0.1, -0.05) is 42.1 Å². The van der Waals surface area contributed by atoms with Crippen LogP contribution >= 0.6 is 11.8 Å². The van der Waals surface area contributed by atoms with Crippen LogP contribution < -0.4 is 15.2 Å². The van der Waals surface area contributed by atoms with Gasteiger partial charge in [-0.3, -0.25) is 19.1 Å². The number of thioether (sulfide) groups is 1. The molecule has 1 amide bonds. The predicted octanol–water partition coefficient (Wildman–Crippen LogP) is 4.43. The lowest BCUT2D eigenvalue weighted by Crippen LogP contribution is -2.33. The van der Waals surface area contributed by atoms with Gasteiger partial charge in [0, 0.05) is 5.69 Å². The Kier molecular flexibility index (Phi) is 7.25. The van der Waals surface area contributed by atoms with Gasteiger partial charge in [-0.05, 0) is 55.5 Å². The van der Waals surface area contributed by atoms with Gasteiger partial charge in [-0.2, -0.15) is 5.26 Å². The third-order valence-electron chi connectivity index (χ3n) is 5.07. The summed E-state index contributed by atoms with van der Waals surface area (Å²) in [5.74, 6) is 0.462. The Morgan fingerprint density at radius 1 is 1.06 bits per heavy atom. The minimum atomic E-state index is -0.251. The summed E-state index contributed by atoms with van der Waals surface area (Å²) in [5.41, 5.74) is 1.60. The topological polar surface area (TPSA) is 88.2 Å². The Hall–Kier alpha value is -4.09. The lowest BCUT2D eigenvalue weighted by atomic mass is 10.2. The van der Waals surface area contributed by atoms with Crippen LogP contribution in [-0.2, 0) is 4.79 Å². The van der Waals surface area contributed by atoms with Gasteiger partial charge >= 0.3 is 0 Å². The number of benzene rings is 3. The van der Waals surface area contributed by atoms with Crippen molar-refractivity contribution in [3.05, 3.63) is 89.2 Å². The van der Waals surface area contributed by atoms with Crippen LogP contribution in [-0.4, -0.2) is 34.4 Å². The number of aromatic nitrogens is 2. The molecule has 0 N–H and O–H groups in total. The maximum absolute atomic E-state index is 13.4. The highest BCUT2D eigenvalue weighted by Gasteiger charge is 2.19. The van der Waals surface area contributed by atoms with E-state index in [0.29, 0.717) is 39.8 Å². The largest absolute Gasteiger partial charge is 0.494 e. The first-order valence-corrected chi connectivity index (χ1v) is 11.7. The van der Waals surface area contributed by atoms with Crippen LogP contribution in [0, 0.1) is 11.3 Å². The number of para-hydroxylation sites is 2.